The first kappa shape index (κ1) is 12.1. The first-order chi connectivity index (χ1) is 6.60. The number of hydrogen-bond donors (Lipinski definition) is 0. The summed E-state index contributed by atoms with van der Waals surface area (Å²) in [4.78, 5) is 0. The summed E-state index contributed by atoms with van der Waals surface area (Å²) in [5.74, 6) is 0.618. The smallest absolute Gasteiger partial charge is 0.254 e. The number of benzene rings is 1. The topological polar surface area (TPSA) is 22.9 Å². The van der Waals surface area contributed by atoms with Crippen molar-refractivity contribution in [2.75, 3.05) is 0 Å². The summed E-state index contributed by atoms with van der Waals surface area (Å²) in [5, 5.41) is 7.84. The zero-order valence-corrected chi connectivity index (χ0v) is 10.7. The molecule has 0 aliphatic heterocycles. The number of rotatable bonds is 0. The lowest BCUT2D eigenvalue weighted by Gasteiger charge is -2.24. The van der Waals surface area contributed by atoms with Crippen molar-refractivity contribution < 1.29 is 5.11 Å². The highest BCUT2D eigenvalue weighted by Gasteiger charge is 2.21. The zero-order chi connectivity index (χ0) is 11.9. The molecule has 0 atom stereocenters. The van der Waals surface area contributed by atoms with E-state index in [0.29, 0.717) is 5.75 Å². The van der Waals surface area contributed by atoms with Gasteiger partial charge < -0.3 is 5.11 Å². The van der Waals surface area contributed by atoms with Gasteiger partial charge in [-0.25, -0.2) is 0 Å². The molecule has 0 saturated carbocycles. The summed E-state index contributed by atoms with van der Waals surface area (Å²) in [6.45, 7) is 13.1. The maximum absolute atomic E-state index is 7.84. The molecule has 15 heavy (non-hydrogen) atoms. The van der Waals surface area contributed by atoms with E-state index in [-0.39, 0.29) is 10.8 Å². The normalized spacial score (nSPS) is 12.9. The van der Waals surface area contributed by atoms with Gasteiger partial charge in [0.1, 0.15) is 0 Å². The van der Waals surface area contributed by atoms with E-state index in [0.717, 1.165) is 0 Å². The standard InChI is InChI=1S/C14H22O/c1-13(2,3)10-7-11(14(4,5)6)9-12(15)8-10/h7-9,15H,1-6H3/p+1. The van der Waals surface area contributed by atoms with Crippen LogP contribution in [-0.2, 0) is 10.8 Å². The first-order valence-corrected chi connectivity index (χ1v) is 5.48. The van der Waals surface area contributed by atoms with E-state index in [1.165, 1.54) is 11.1 Å². The number of hydrogen-bond acceptors (Lipinski definition) is 0. The monoisotopic (exact) mass is 207 g/mol. The Labute approximate surface area is 93.1 Å². The summed E-state index contributed by atoms with van der Waals surface area (Å²) in [5.41, 5.74) is 2.74. The summed E-state index contributed by atoms with van der Waals surface area (Å²) in [6, 6.07) is 6.17. The van der Waals surface area contributed by atoms with Gasteiger partial charge in [-0.1, -0.05) is 47.6 Å². The maximum atomic E-state index is 7.84. The molecule has 0 unspecified atom stereocenters. The van der Waals surface area contributed by atoms with Crippen LogP contribution in [0, 0.1) is 0 Å². The molecule has 0 fully saturated rings. The fraction of sp³-hybridized carbons (Fsp3) is 0.571. The Morgan fingerprint density at radius 3 is 1.33 bits per heavy atom. The molecule has 2 N–H and O–H groups in total. The van der Waals surface area contributed by atoms with Crippen molar-refractivity contribution >= 4 is 0 Å². The van der Waals surface area contributed by atoms with E-state index in [9.17, 15) is 0 Å². The van der Waals surface area contributed by atoms with Crippen molar-refractivity contribution in [3.8, 4) is 5.75 Å². The van der Waals surface area contributed by atoms with Gasteiger partial charge in [-0.05, 0) is 22.0 Å². The average molecular weight is 207 g/mol. The van der Waals surface area contributed by atoms with Crippen LogP contribution in [0.4, 0.5) is 0 Å². The quantitative estimate of drug-likeness (QED) is 0.579. The van der Waals surface area contributed by atoms with Gasteiger partial charge in [0.15, 0.2) is 0 Å². The minimum absolute atomic E-state index is 0.122. The summed E-state index contributed by atoms with van der Waals surface area (Å²) in [6.07, 6.45) is 0. The fourth-order valence-electron chi connectivity index (χ4n) is 1.49. The second-order valence-corrected chi connectivity index (χ2v) is 6.30. The van der Waals surface area contributed by atoms with E-state index < -0.39 is 0 Å². The fourth-order valence-corrected chi connectivity index (χ4v) is 1.49. The van der Waals surface area contributed by atoms with Crippen LogP contribution in [0.1, 0.15) is 52.7 Å². The Hall–Kier alpha value is -0.980. The van der Waals surface area contributed by atoms with E-state index >= 15 is 0 Å². The molecular weight excluding hydrogens is 184 g/mol. The van der Waals surface area contributed by atoms with Crippen LogP contribution < -0.4 is 0 Å². The van der Waals surface area contributed by atoms with Crippen LogP contribution in [0.3, 0.4) is 0 Å². The largest absolute Gasteiger partial charge is 0.593 e. The van der Waals surface area contributed by atoms with Gasteiger partial charge in [0.25, 0.3) is 5.75 Å². The molecule has 0 heterocycles. The molecule has 1 nitrogen and oxygen atoms in total. The molecule has 0 aliphatic rings. The highest BCUT2D eigenvalue weighted by atomic mass is 16.3. The predicted octanol–water partition coefficient (Wildman–Crippen LogP) is 3.72. The van der Waals surface area contributed by atoms with Crippen molar-refractivity contribution in [3.63, 3.8) is 0 Å². The molecule has 0 bridgehead atoms. The highest BCUT2D eigenvalue weighted by molar-refractivity contribution is 5.39. The Balaban J connectivity index is 3.30. The third-order valence-electron chi connectivity index (χ3n) is 2.67. The van der Waals surface area contributed by atoms with Crippen molar-refractivity contribution in [2.24, 2.45) is 0 Å². The van der Waals surface area contributed by atoms with Gasteiger partial charge in [0.2, 0.25) is 0 Å². The lowest BCUT2D eigenvalue weighted by molar-refractivity contribution is 0.466. The van der Waals surface area contributed by atoms with Crippen molar-refractivity contribution in [1.82, 2.24) is 0 Å². The van der Waals surface area contributed by atoms with Crippen LogP contribution in [0.25, 0.3) is 0 Å². The van der Waals surface area contributed by atoms with Crippen molar-refractivity contribution in [2.45, 2.75) is 52.4 Å². The van der Waals surface area contributed by atoms with Gasteiger partial charge in [-0.15, -0.1) is 0 Å². The van der Waals surface area contributed by atoms with Gasteiger partial charge in [0, 0.05) is 12.1 Å². The third-order valence-corrected chi connectivity index (χ3v) is 2.67. The Kier molecular flexibility index (Phi) is 2.86. The lowest BCUT2D eigenvalue weighted by Crippen LogP contribution is -2.15. The third kappa shape index (κ3) is 2.98. The van der Waals surface area contributed by atoms with Crippen LogP contribution in [0.15, 0.2) is 18.2 Å². The highest BCUT2D eigenvalue weighted by Crippen LogP contribution is 2.32. The molecule has 0 amide bonds. The van der Waals surface area contributed by atoms with Gasteiger partial charge >= 0.3 is 0 Å². The van der Waals surface area contributed by atoms with Gasteiger partial charge in [-0.3, -0.25) is 0 Å². The second kappa shape index (κ2) is 3.55. The Bertz CT molecular complexity index is 318. The predicted molar refractivity (Wildman–Crippen MR) is 66.9 cm³/mol. The lowest BCUT2D eigenvalue weighted by atomic mass is 9.80. The first-order valence-electron chi connectivity index (χ1n) is 5.48. The van der Waals surface area contributed by atoms with Crippen LogP contribution >= 0.6 is 0 Å². The van der Waals surface area contributed by atoms with E-state index in [4.69, 9.17) is 5.11 Å². The van der Waals surface area contributed by atoms with E-state index in [1.54, 1.807) is 0 Å². The summed E-state index contributed by atoms with van der Waals surface area (Å²) in [7, 11) is 0. The minimum atomic E-state index is 0.122. The Morgan fingerprint density at radius 2 is 1.07 bits per heavy atom. The second-order valence-electron chi connectivity index (χ2n) is 6.30. The molecule has 0 radical (unpaired) electrons. The average Bonchev–Trinajstić information content (AvgIpc) is 1.99. The Morgan fingerprint density at radius 1 is 0.733 bits per heavy atom. The van der Waals surface area contributed by atoms with E-state index in [1.807, 2.05) is 12.1 Å². The van der Waals surface area contributed by atoms with Gasteiger partial charge in [0.05, 0.1) is 0 Å². The minimum Gasteiger partial charge on any atom is -0.593 e. The van der Waals surface area contributed by atoms with Crippen molar-refractivity contribution in [1.29, 1.82) is 0 Å². The summed E-state index contributed by atoms with van der Waals surface area (Å²) >= 11 is 0. The molecule has 1 heteroatoms. The molecule has 0 spiro atoms. The van der Waals surface area contributed by atoms with Gasteiger partial charge in [-0.2, -0.15) is 0 Å². The van der Waals surface area contributed by atoms with E-state index in [2.05, 4.69) is 47.6 Å². The molecule has 0 aromatic heterocycles. The maximum Gasteiger partial charge on any atom is 0.254 e. The van der Waals surface area contributed by atoms with Crippen LogP contribution in [0.2, 0.25) is 0 Å². The molecule has 1 aromatic carbocycles. The molecule has 0 aliphatic carbocycles. The SMILES string of the molecule is CC(C)(C)c1cc([OH2+])cc(C(C)(C)C)c1. The van der Waals surface area contributed by atoms with Crippen molar-refractivity contribution in [3.05, 3.63) is 29.3 Å². The molecule has 0 saturated heterocycles. The zero-order valence-electron chi connectivity index (χ0n) is 10.7. The van der Waals surface area contributed by atoms with Crippen LogP contribution in [-0.4, -0.2) is 5.11 Å². The molecule has 1 rings (SSSR count). The molecular formula is C14H23O+. The molecule has 1 aromatic rings. The van der Waals surface area contributed by atoms with Crippen LogP contribution in [0.5, 0.6) is 5.75 Å². The molecule has 84 valence electrons. The summed E-state index contributed by atoms with van der Waals surface area (Å²) < 4.78 is 0.